The average Bonchev–Trinajstić information content (AvgIpc) is 3.10. The Kier molecular flexibility index (Phi) is 2.89. The van der Waals surface area contributed by atoms with Gasteiger partial charge < -0.3 is 14.8 Å². The lowest BCUT2D eigenvalue weighted by Gasteiger charge is -2.23. The third-order valence-electron chi connectivity index (χ3n) is 4.06. The maximum absolute atomic E-state index is 12.2. The van der Waals surface area contributed by atoms with Crippen LogP contribution < -0.4 is 5.32 Å². The minimum Gasteiger partial charge on any atom is -0.481 e. The molecule has 0 spiro atoms. The van der Waals surface area contributed by atoms with E-state index < -0.39 is 17.8 Å². The third kappa shape index (κ3) is 2.05. The number of aliphatic carboxylic acids is 1. The number of hydrogen-bond donors (Lipinski definition) is 2. The molecule has 2 aliphatic rings. The molecule has 1 saturated carbocycles. The summed E-state index contributed by atoms with van der Waals surface area (Å²) < 4.78 is 5.14. The molecule has 2 bridgehead atoms. The smallest absolute Gasteiger partial charge is 0.307 e. The molecular weight excluding hydrogens is 246 g/mol. The summed E-state index contributed by atoms with van der Waals surface area (Å²) in [6, 6.07) is 3.53. The molecule has 1 aromatic rings. The summed E-state index contributed by atoms with van der Waals surface area (Å²) in [5.74, 6) is -1.40. The van der Waals surface area contributed by atoms with Crippen molar-refractivity contribution in [3.05, 3.63) is 36.3 Å². The molecule has 1 fully saturated rings. The molecule has 0 unspecified atom stereocenters. The molecule has 0 aliphatic heterocycles. The van der Waals surface area contributed by atoms with Crippen LogP contribution in [0.3, 0.4) is 0 Å². The van der Waals surface area contributed by atoms with E-state index in [0.717, 1.165) is 6.42 Å². The number of amides is 1. The molecule has 1 heterocycles. The van der Waals surface area contributed by atoms with E-state index in [1.807, 2.05) is 12.2 Å². The highest BCUT2D eigenvalue weighted by atomic mass is 16.4. The van der Waals surface area contributed by atoms with E-state index in [1.165, 1.54) is 0 Å². The van der Waals surface area contributed by atoms with E-state index in [1.54, 1.807) is 18.4 Å². The molecule has 4 atom stereocenters. The minimum atomic E-state index is -0.880. The Hall–Kier alpha value is -2.04. The van der Waals surface area contributed by atoms with Crippen molar-refractivity contribution in [1.29, 1.82) is 0 Å². The largest absolute Gasteiger partial charge is 0.481 e. The van der Waals surface area contributed by atoms with Gasteiger partial charge >= 0.3 is 5.97 Å². The van der Waals surface area contributed by atoms with E-state index in [4.69, 9.17) is 4.42 Å². The second kappa shape index (κ2) is 4.57. The number of carbonyl (C=O) groups is 2. The predicted molar refractivity (Wildman–Crippen MR) is 65.9 cm³/mol. The minimum absolute atomic E-state index is 0.00172. The summed E-state index contributed by atoms with van der Waals surface area (Å²) in [7, 11) is 0. The molecule has 2 N–H and O–H groups in total. The molecule has 2 aliphatic carbocycles. The van der Waals surface area contributed by atoms with Crippen molar-refractivity contribution in [3.63, 3.8) is 0 Å². The van der Waals surface area contributed by atoms with Crippen molar-refractivity contribution in [2.75, 3.05) is 0 Å². The van der Waals surface area contributed by atoms with Crippen LogP contribution >= 0.6 is 0 Å². The number of carbonyl (C=O) groups excluding carboxylic acids is 1. The average molecular weight is 261 g/mol. The van der Waals surface area contributed by atoms with Crippen LogP contribution in [-0.2, 0) is 16.1 Å². The number of furan rings is 1. The molecule has 1 aromatic heterocycles. The first-order valence-corrected chi connectivity index (χ1v) is 6.38. The van der Waals surface area contributed by atoms with Gasteiger partial charge in [0.1, 0.15) is 5.76 Å². The van der Waals surface area contributed by atoms with Crippen molar-refractivity contribution in [2.24, 2.45) is 23.7 Å². The van der Waals surface area contributed by atoms with Crippen molar-refractivity contribution >= 4 is 11.9 Å². The van der Waals surface area contributed by atoms with Crippen LogP contribution in [0.15, 0.2) is 35.0 Å². The number of nitrogens with one attached hydrogen (secondary N) is 1. The second-order valence-electron chi connectivity index (χ2n) is 5.14. The SMILES string of the molecule is O=C(O)[C@@H]1[C@@H](C(=O)NCc2ccco2)[C@H]2C=C[C@H]1C2. The van der Waals surface area contributed by atoms with Gasteiger partial charge in [0.2, 0.25) is 5.91 Å². The van der Waals surface area contributed by atoms with Crippen LogP contribution in [-0.4, -0.2) is 17.0 Å². The Morgan fingerprint density at radius 1 is 1.32 bits per heavy atom. The van der Waals surface area contributed by atoms with Crippen LogP contribution in [0, 0.1) is 23.7 Å². The molecule has 3 rings (SSSR count). The van der Waals surface area contributed by atoms with E-state index in [-0.39, 0.29) is 17.7 Å². The first-order valence-electron chi connectivity index (χ1n) is 6.38. The number of fused-ring (bicyclic) bond motifs is 2. The highest BCUT2D eigenvalue weighted by Gasteiger charge is 2.51. The lowest BCUT2D eigenvalue weighted by molar-refractivity contribution is -0.147. The summed E-state index contributed by atoms with van der Waals surface area (Å²) in [6.07, 6.45) is 6.22. The number of carboxylic acid groups (broad SMARTS) is 1. The lowest BCUT2D eigenvalue weighted by atomic mass is 9.82. The Bertz CT molecular complexity index is 520. The molecule has 0 radical (unpaired) electrons. The van der Waals surface area contributed by atoms with Crippen molar-refractivity contribution in [1.82, 2.24) is 5.32 Å². The van der Waals surface area contributed by atoms with Gasteiger partial charge in [-0.25, -0.2) is 0 Å². The highest BCUT2D eigenvalue weighted by molar-refractivity contribution is 5.86. The van der Waals surface area contributed by atoms with E-state index >= 15 is 0 Å². The lowest BCUT2D eigenvalue weighted by Crippen LogP contribution is -2.39. The maximum atomic E-state index is 12.2. The standard InChI is InChI=1S/C14H15NO4/c16-13(15-7-10-2-1-5-19-10)11-8-3-4-9(6-8)12(11)14(17)18/h1-5,8-9,11-12H,6-7H2,(H,15,16)(H,17,18)/t8-,9-,11-,12-/m0/s1. The van der Waals surface area contributed by atoms with E-state index in [9.17, 15) is 14.7 Å². The van der Waals surface area contributed by atoms with E-state index in [2.05, 4.69) is 5.32 Å². The van der Waals surface area contributed by atoms with Crippen LogP contribution in [0.5, 0.6) is 0 Å². The molecule has 19 heavy (non-hydrogen) atoms. The molecule has 0 saturated heterocycles. The Balaban J connectivity index is 1.68. The summed E-state index contributed by atoms with van der Waals surface area (Å²) >= 11 is 0. The van der Waals surface area contributed by atoms with Gasteiger partial charge in [0.15, 0.2) is 0 Å². The number of carboxylic acids is 1. The topological polar surface area (TPSA) is 79.5 Å². The van der Waals surface area contributed by atoms with Gasteiger partial charge in [0, 0.05) is 0 Å². The number of allylic oxidation sites excluding steroid dienone is 2. The second-order valence-corrected chi connectivity index (χ2v) is 5.14. The van der Waals surface area contributed by atoms with E-state index in [0.29, 0.717) is 12.3 Å². The van der Waals surface area contributed by atoms with Crippen LogP contribution in [0.25, 0.3) is 0 Å². The third-order valence-corrected chi connectivity index (χ3v) is 4.06. The fourth-order valence-electron chi connectivity index (χ4n) is 3.22. The number of rotatable bonds is 4. The van der Waals surface area contributed by atoms with Gasteiger partial charge in [-0.15, -0.1) is 0 Å². The molecule has 5 nitrogen and oxygen atoms in total. The van der Waals surface area contributed by atoms with Crippen molar-refractivity contribution in [3.8, 4) is 0 Å². The van der Waals surface area contributed by atoms with Gasteiger partial charge in [0.05, 0.1) is 24.6 Å². The summed E-state index contributed by atoms with van der Waals surface area (Å²) in [5, 5.41) is 12.0. The fourth-order valence-corrected chi connectivity index (χ4v) is 3.22. The Morgan fingerprint density at radius 2 is 2.05 bits per heavy atom. The molecule has 1 amide bonds. The molecule has 100 valence electrons. The highest BCUT2D eigenvalue weighted by Crippen LogP contribution is 2.48. The molecule has 5 heteroatoms. The zero-order chi connectivity index (χ0) is 13.4. The van der Waals surface area contributed by atoms with Crippen LogP contribution in [0.2, 0.25) is 0 Å². The zero-order valence-corrected chi connectivity index (χ0v) is 10.3. The zero-order valence-electron chi connectivity index (χ0n) is 10.3. The van der Waals surface area contributed by atoms with Crippen LogP contribution in [0.4, 0.5) is 0 Å². The number of hydrogen-bond acceptors (Lipinski definition) is 3. The van der Waals surface area contributed by atoms with Crippen molar-refractivity contribution < 1.29 is 19.1 Å². The van der Waals surface area contributed by atoms with Crippen molar-refractivity contribution in [2.45, 2.75) is 13.0 Å². The van der Waals surface area contributed by atoms with Crippen LogP contribution in [0.1, 0.15) is 12.2 Å². The predicted octanol–water partition coefficient (Wildman–Crippen LogP) is 1.42. The first kappa shape index (κ1) is 12.0. The van der Waals surface area contributed by atoms with Gasteiger partial charge in [-0.1, -0.05) is 12.2 Å². The molecule has 0 aromatic carbocycles. The Morgan fingerprint density at radius 3 is 2.68 bits per heavy atom. The quantitative estimate of drug-likeness (QED) is 0.803. The normalized spacial score (nSPS) is 31.6. The summed E-state index contributed by atoms with van der Waals surface area (Å²) in [6.45, 7) is 0.301. The van der Waals surface area contributed by atoms with Gasteiger partial charge in [0.25, 0.3) is 0 Å². The van der Waals surface area contributed by atoms with Gasteiger partial charge in [-0.2, -0.15) is 0 Å². The summed E-state index contributed by atoms with van der Waals surface area (Å²) in [5.41, 5.74) is 0. The molecular formula is C14H15NO4. The Labute approximate surface area is 110 Å². The summed E-state index contributed by atoms with van der Waals surface area (Å²) in [4.78, 5) is 23.5. The first-order chi connectivity index (χ1) is 9.16. The van der Waals surface area contributed by atoms with Gasteiger partial charge in [-0.05, 0) is 30.4 Å². The fraction of sp³-hybridized carbons (Fsp3) is 0.429. The van der Waals surface area contributed by atoms with Gasteiger partial charge in [-0.3, -0.25) is 9.59 Å². The maximum Gasteiger partial charge on any atom is 0.307 e. The monoisotopic (exact) mass is 261 g/mol.